The molecule has 27 heavy (non-hydrogen) atoms. The molecule has 148 valence electrons. The van der Waals surface area contributed by atoms with E-state index in [9.17, 15) is 22.8 Å². The van der Waals surface area contributed by atoms with E-state index in [1.54, 1.807) is 0 Å². The molecule has 0 N–H and O–H groups in total. The van der Waals surface area contributed by atoms with Crippen LogP contribution < -0.4 is 5.76 Å². The molecule has 7 nitrogen and oxygen atoms in total. The number of nitrogens with zero attached hydrogens (tertiary/aromatic N) is 4. The Labute approximate surface area is 153 Å². The van der Waals surface area contributed by atoms with E-state index in [4.69, 9.17) is 0 Å². The Morgan fingerprint density at radius 3 is 2.33 bits per heavy atom. The highest BCUT2D eigenvalue weighted by atomic mass is 19.4. The maximum atomic E-state index is 12.9. The van der Waals surface area contributed by atoms with Crippen LogP contribution in [0.4, 0.5) is 18.0 Å². The van der Waals surface area contributed by atoms with Gasteiger partial charge >= 0.3 is 18.0 Å². The van der Waals surface area contributed by atoms with E-state index in [1.807, 2.05) is 27.7 Å². The maximum absolute atomic E-state index is 12.9. The predicted octanol–water partition coefficient (Wildman–Crippen LogP) is 3.50. The summed E-state index contributed by atoms with van der Waals surface area (Å²) in [6.45, 7) is 8.37. The number of hydrogen-bond acceptors (Lipinski definition) is 5. The number of carbonyl (C=O) groups is 1. The second-order valence-electron chi connectivity index (χ2n) is 7.01. The molecule has 0 atom stereocenters. The molecule has 0 saturated carbocycles. The molecule has 0 saturated heterocycles. The Kier molecular flexibility index (Phi) is 6.07. The fourth-order valence-corrected chi connectivity index (χ4v) is 2.56. The van der Waals surface area contributed by atoms with Crippen LogP contribution in [0.5, 0.6) is 0 Å². The van der Waals surface area contributed by atoms with Crippen LogP contribution in [-0.2, 0) is 6.18 Å². The molecule has 0 fully saturated rings. The second-order valence-corrected chi connectivity index (χ2v) is 7.01. The van der Waals surface area contributed by atoms with E-state index >= 15 is 0 Å². The van der Waals surface area contributed by atoms with Gasteiger partial charge < -0.3 is 4.90 Å². The van der Waals surface area contributed by atoms with Crippen molar-refractivity contribution < 1.29 is 22.5 Å². The first-order valence-corrected chi connectivity index (χ1v) is 8.42. The third kappa shape index (κ3) is 4.95. The van der Waals surface area contributed by atoms with Gasteiger partial charge in [0, 0.05) is 19.3 Å². The minimum Gasteiger partial charge on any atom is -0.323 e. The predicted molar refractivity (Wildman–Crippen MR) is 91.0 cm³/mol. The molecule has 0 aliphatic heterocycles. The highest BCUT2D eigenvalue weighted by Crippen LogP contribution is 2.30. The first-order valence-electron chi connectivity index (χ1n) is 8.42. The van der Waals surface area contributed by atoms with E-state index in [0.29, 0.717) is 17.7 Å². The minimum absolute atomic E-state index is 0.124. The molecule has 0 aromatic carbocycles. The van der Waals surface area contributed by atoms with Crippen molar-refractivity contribution in [2.75, 3.05) is 13.1 Å². The van der Waals surface area contributed by atoms with Crippen LogP contribution >= 0.6 is 0 Å². The summed E-state index contributed by atoms with van der Waals surface area (Å²) >= 11 is 0. The summed E-state index contributed by atoms with van der Waals surface area (Å²) in [5.41, 5.74) is -1.25. The molecule has 2 aromatic heterocycles. The number of alkyl halides is 3. The average molecular weight is 386 g/mol. The SMILES string of the molecule is CC(C)CN(CC(C)C)C(=O)n1c(-c2cc(C(F)(F)F)ccn2)noc1=O. The quantitative estimate of drug-likeness (QED) is 0.786. The normalized spacial score (nSPS) is 12.0. The zero-order valence-electron chi connectivity index (χ0n) is 15.4. The summed E-state index contributed by atoms with van der Waals surface area (Å²) in [5, 5.41) is 3.47. The van der Waals surface area contributed by atoms with Crippen LogP contribution in [0.15, 0.2) is 27.6 Å². The molecular formula is C17H21F3N4O3. The molecule has 2 rings (SSSR count). The van der Waals surface area contributed by atoms with Crippen molar-refractivity contribution in [2.24, 2.45) is 11.8 Å². The fraction of sp³-hybridized carbons (Fsp3) is 0.529. The number of carbonyl (C=O) groups excluding carboxylic acids is 1. The maximum Gasteiger partial charge on any atom is 0.450 e. The number of amides is 1. The molecule has 0 aliphatic carbocycles. The smallest absolute Gasteiger partial charge is 0.323 e. The van der Waals surface area contributed by atoms with Crippen LogP contribution in [0.2, 0.25) is 0 Å². The van der Waals surface area contributed by atoms with Crippen molar-refractivity contribution in [1.82, 2.24) is 19.6 Å². The van der Waals surface area contributed by atoms with Crippen molar-refractivity contribution in [3.8, 4) is 11.5 Å². The Hall–Kier alpha value is -2.65. The lowest BCUT2D eigenvalue weighted by Gasteiger charge is -2.26. The van der Waals surface area contributed by atoms with Crippen molar-refractivity contribution in [1.29, 1.82) is 0 Å². The van der Waals surface area contributed by atoms with Gasteiger partial charge in [-0.25, -0.2) is 9.59 Å². The largest absolute Gasteiger partial charge is 0.450 e. The summed E-state index contributed by atoms with van der Waals surface area (Å²) in [4.78, 5) is 30.2. The Morgan fingerprint density at radius 1 is 1.22 bits per heavy atom. The Balaban J connectivity index is 2.49. The van der Waals surface area contributed by atoms with Gasteiger partial charge in [-0.05, 0) is 24.0 Å². The first-order chi connectivity index (χ1) is 12.5. The molecular weight excluding hydrogens is 365 g/mol. The van der Waals surface area contributed by atoms with Gasteiger partial charge in [0.15, 0.2) is 0 Å². The van der Waals surface area contributed by atoms with Gasteiger partial charge in [-0.1, -0.05) is 32.9 Å². The van der Waals surface area contributed by atoms with Crippen LogP contribution in [0.25, 0.3) is 11.5 Å². The van der Waals surface area contributed by atoms with Gasteiger partial charge in [0.05, 0.1) is 5.56 Å². The highest BCUT2D eigenvalue weighted by molar-refractivity contribution is 5.80. The van der Waals surface area contributed by atoms with Crippen molar-refractivity contribution in [3.05, 3.63) is 34.4 Å². The molecule has 0 bridgehead atoms. The van der Waals surface area contributed by atoms with Crippen molar-refractivity contribution >= 4 is 6.03 Å². The van der Waals surface area contributed by atoms with E-state index in [-0.39, 0.29) is 23.4 Å². The Bertz CT molecular complexity index is 846. The zero-order chi connectivity index (χ0) is 20.4. The van der Waals surface area contributed by atoms with Gasteiger partial charge in [-0.3, -0.25) is 9.51 Å². The van der Waals surface area contributed by atoms with Crippen LogP contribution in [-0.4, -0.2) is 38.7 Å². The van der Waals surface area contributed by atoms with Crippen molar-refractivity contribution in [2.45, 2.75) is 33.9 Å². The molecule has 0 aliphatic rings. The number of aromatic nitrogens is 3. The minimum atomic E-state index is -4.60. The van der Waals surface area contributed by atoms with Crippen LogP contribution in [0, 0.1) is 11.8 Å². The second kappa shape index (κ2) is 7.93. The van der Waals surface area contributed by atoms with Crippen LogP contribution in [0.3, 0.4) is 0 Å². The lowest BCUT2D eigenvalue weighted by atomic mass is 10.1. The molecule has 2 heterocycles. The van der Waals surface area contributed by atoms with E-state index in [1.165, 1.54) is 4.90 Å². The Morgan fingerprint density at radius 2 is 1.81 bits per heavy atom. The summed E-state index contributed by atoms with van der Waals surface area (Å²) in [7, 11) is 0. The number of halogens is 3. The summed E-state index contributed by atoms with van der Waals surface area (Å²) in [5.74, 6) is -1.20. The van der Waals surface area contributed by atoms with E-state index < -0.39 is 23.5 Å². The van der Waals surface area contributed by atoms with Crippen molar-refractivity contribution in [3.63, 3.8) is 0 Å². The molecule has 1 amide bonds. The first kappa shape index (κ1) is 20.7. The number of hydrogen-bond donors (Lipinski definition) is 0. The van der Waals surface area contributed by atoms with Gasteiger partial charge in [-0.15, -0.1) is 0 Å². The fourth-order valence-electron chi connectivity index (χ4n) is 2.56. The molecule has 2 aromatic rings. The monoisotopic (exact) mass is 386 g/mol. The van der Waals surface area contributed by atoms with E-state index in [2.05, 4.69) is 14.7 Å². The molecule has 0 spiro atoms. The molecule has 0 unspecified atom stereocenters. The summed E-state index contributed by atoms with van der Waals surface area (Å²) < 4.78 is 44.0. The number of rotatable bonds is 5. The average Bonchev–Trinajstić information content (AvgIpc) is 2.93. The lowest BCUT2D eigenvalue weighted by molar-refractivity contribution is -0.137. The van der Waals surface area contributed by atoms with E-state index in [0.717, 1.165) is 18.3 Å². The standard InChI is InChI=1S/C17H21F3N4O3/c1-10(2)8-23(9-11(3)4)15(25)24-14(22-27-16(24)26)13-7-12(5-6-21-13)17(18,19)20/h5-7,10-11H,8-9H2,1-4H3. The molecule has 0 radical (unpaired) electrons. The van der Waals surface area contributed by atoms with Gasteiger partial charge in [0.2, 0.25) is 5.82 Å². The van der Waals surface area contributed by atoms with Gasteiger partial charge in [0.1, 0.15) is 5.69 Å². The zero-order valence-corrected chi connectivity index (χ0v) is 15.4. The lowest BCUT2D eigenvalue weighted by Crippen LogP contribution is -2.42. The highest BCUT2D eigenvalue weighted by Gasteiger charge is 2.32. The van der Waals surface area contributed by atoms with Crippen LogP contribution in [0.1, 0.15) is 33.3 Å². The van der Waals surface area contributed by atoms with Gasteiger partial charge in [-0.2, -0.15) is 17.7 Å². The van der Waals surface area contributed by atoms with Gasteiger partial charge in [0.25, 0.3) is 0 Å². The number of pyridine rings is 1. The third-order valence-corrected chi connectivity index (χ3v) is 3.55. The summed E-state index contributed by atoms with van der Waals surface area (Å²) in [6, 6.07) is 0.798. The molecule has 10 heteroatoms. The summed E-state index contributed by atoms with van der Waals surface area (Å²) in [6.07, 6.45) is -3.66. The third-order valence-electron chi connectivity index (χ3n) is 3.55. The topological polar surface area (TPSA) is 81.2 Å².